The largest absolute Gasteiger partial charge is 0.382 e. The summed E-state index contributed by atoms with van der Waals surface area (Å²) in [6, 6.07) is 5.76. The highest BCUT2D eigenvalue weighted by Gasteiger charge is 2.25. The normalized spacial score (nSPS) is 16.2. The molecule has 0 radical (unpaired) electrons. The van der Waals surface area contributed by atoms with Gasteiger partial charge in [0.15, 0.2) is 0 Å². The van der Waals surface area contributed by atoms with Crippen LogP contribution in [0.15, 0.2) is 33.3 Å². The molecule has 21 heavy (non-hydrogen) atoms. The average molecular weight is 434 g/mol. The molecule has 1 unspecified atom stereocenters. The summed E-state index contributed by atoms with van der Waals surface area (Å²) in [5.41, 5.74) is 3.74. The van der Waals surface area contributed by atoms with E-state index in [-0.39, 0.29) is 0 Å². The van der Waals surface area contributed by atoms with Crippen LogP contribution < -0.4 is 0 Å². The maximum absolute atomic E-state index is 10.6. The zero-order valence-corrected chi connectivity index (χ0v) is 15.8. The molecular formula is C16H16Br2ClNO. The summed E-state index contributed by atoms with van der Waals surface area (Å²) in [5, 5.41) is 11.3. The molecule has 3 rings (SSSR count). The SMILES string of the molecule is CC.OC1c2ncc(Br)cc2CCc2cc(Cl)cc(Br)c21. The number of halogens is 3. The summed E-state index contributed by atoms with van der Waals surface area (Å²) in [5.74, 6) is 0. The van der Waals surface area contributed by atoms with Crippen LogP contribution in [-0.2, 0) is 12.8 Å². The van der Waals surface area contributed by atoms with Gasteiger partial charge in [-0.3, -0.25) is 4.98 Å². The number of pyridine rings is 1. The zero-order valence-electron chi connectivity index (χ0n) is 11.8. The van der Waals surface area contributed by atoms with Crippen molar-refractivity contribution in [2.24, 2.45) is 0 Å². The highest BCUT2D eigenvalue weighted by molar-refractivity contribution is 9.10. The quantitative estimate of drug-likeness (QED) is 0.598. The fourth-order valence-corrected chi connectivity index (χ4v) is 3.96. The third-order valence-electron chi connectivity index (χ3n) is 3.34. The molecule has 0 fully saturated rings. The smallest absolute Gasteiger partial charge is 0.123 e. The van der Waals surface area contributed by atoms with Crippen LogP contribution in [0.25, 0.3) is 0 Å². The van der Waals surface area contributed by atoms with Gasteiger partial charge in [0.1, 0.15) is 6.10 Å². The molecule has 0 aliphatic heterocycles. The monoisotopic (exact) mass is 431 g/mol. The molecule has 1 N–H and O–H groups in total. The van der Waals surface area contributed by atoms with Crippen LogP contribution in [0.1, 0.15) is 42.3 Å². The highest BCUT2D eigenvalue weighted by atomic mass is 79.9. The van der Waals surface area contributed by atoms with Crippen molar-refractivity contribution in [2.75, 3.05) is 0 Å². The number of hydrogen-bond acceptors (Lipinski definition) is 2. The minimum Gasteiger partial charge on any atom is -0.382 e. The number of aromatic nitrogens is 1. The predicted octanol–water partition coefficient (Wildman–Crippen LogP) is 5.47. The Morgan fingerprint density at radius 1 is 1.14 bits per heavy atom. The number of rotatable bonds is 0. The molecule has 2 nitrogen and oxygen atoms in total. The summed E-state index contributed by atoms with van der Waals surface area (Å²) in [6.45, 7) is 4.00. The van der Waals surface area contributed by atoms with Gasteiger partial charge in [-0.1, -0.05) is 41.4 Å². The predicted molar refractivity (Wildman–Crippen MR) is 93.9 cm³/mol. The van der Waals surface area contributed by atoms with Gasteiger partial charge in [0.25, 0.3) is 0 Å². The van der Waals surface area contributed by atoms with Crippen molar-refractivity contribution >= 4 is 43.5 Å². The Morgan fingerprint density at radius 2 is 1.81 bits per heavy atom. The number of aryl methyl sites for hydroxylation is 2. The summed E-state index contributed by atoms with van der Waals surface area (Å²) in [7, 11) is 0. The number of aliphatic hydroxyl groups excluding tert-OH is 1. The van der Waals surface area contributed by atoms with Gasteiger partial charge in [0.05, 0.1) is 5.69 Å². The molecule has 0 spiro atoms. The summed E-state index contributed by atoms with van der Waals surface area (Å²) < 4.78 is 1.77. The van der Waals surface area contributed by atoms with Gasteiger partial charge < -0.3 is 5.11 Å². The van der Waals surface area contributed by atoms with Crippen molar-refractivity contribution in [3.63, 3.8) is 0 Å². The molecule has 1 atom stereocenters. The molecular weight excluding hydrogens is 417 g/mol. The Morgan fingerprint density at radius 3 is 2.52 bits per heavy atom. The first-order valence-corrected chi connectivity index (χ1v) is 8.83. The van der Waals surface area contributed by atoms with Crippen molar-refractivity contribution in [1.29, 1.82) is 0 Å². The van der Waals surface area contributed by atoms with E-state index in [4.69, 9.17) is 11.6 Å². The van der Waals surface area contributed by atoms with Crippen molar-refractivity contribution in [1.82, 2.24) is 4.98 Å². The van der Waals surface area contributed by atoms with Gasteiger partial charge in [0.2, 0.25) is 0 Å². The van der Waals surface area contributed by atoms with Crippen LogP contribution in [0.2, 0.25) is 5.02 Å². The topological polar surface area (TPSA) is 33.1 Å². The second kappa shape index (κ2) is 7.23. The zero-order chi connectivity index (χ0) is 15.6. The van der Waals surface area contributed by atoms with Crippen LogP contribution >= 0.6 is 43.5 Å². The summed E-state index contributed by atoms with van der Waals surface area (Å²) in [6.07, 6.45) is 2.69. The van der Waals surface area contributed by atoms with E-state index in [9.17, 15) is 5.11 Å². The maximum Gasteiger partial charge on any atom is 0.123 e. The fourth-order valence-electron chi connectivity index (χ4n) is 2.50. The minimum atomic E-state index is -0.716. The molecule has 1 aliphatic carbocycles. The number of aliphatic hydroxyl groups is 1. The van der Waals surface area contributed by atoms with Crippen LogP contribution in [-0.4, -0.2) is 10.1 Å². The van der Waals surface area contributed by atoms with E-state index in [0.717, 1.165) is 44.2 Å². The van der Waals surface area contributed by atoms with E-state index in [0.29, 0.717) is 5.02 Å². The third-order valence-corrected chi connectivity index (χ3v) is 4.65. The first-order chi connectivity index (χ1) is 10.1. The van der Waals surface area contributed by atoms with Crippen LogP contribution in [0, 0.1) is 0 Å². The summed E-state index contributed by atoms with van der Waals surface area (Å²) in [4.78, 5) is 4.37. The fraction of sp³-hybridized carbons (Fsp3) is 0.312. The van der Waals surface area contributed by atoms with E-state index >= 15 is 0 Å². The Labute approximate surface area is 146 Å². The lowest BCUT2D eigenvalue weighted by atomic mass is 10.0. The Kier molecular flexibility index (Phi) is 5.83. The van der Waals surface area contributed by atoms with Gasteiger partial charge in [0, 0.05) is 25.7 Å². The third kappa shape index (κ3) is 3.50. The first kappa shape index (κ1) is 16.9. The molecule has 0 saturated heterocycles. The Hall–Kier alpha value is -0.420. The van der Waals surface area contributed by atoms with Gasteiger partial charge >= 0.3 is 0 Å². The van der Waals surface area contributed by atoms with Crippen molar-refractivity contribution in [3.05, 3.63) is 60.7 Å². The molecule has 5 heteroatoms. The second-order valence-corrected chi connectivity index (χ2v) is 6.77. The lowest BCUT2D eigenvalue weighted by Crippen LogP contribution is -2.06. The number of hydrogen-bond donors (Lipinski definition) is 1. The lowest BCUT2D eigenvalue weighted by molar-refractivity contribution is 0.214. The average Bonchev–Trinajstić information content (AvgIpc) is 2.58. The molecule has 0 saturated carbocycles. The maximum atomic E-state index is 10.6. The molecule has 0 bridgehead atoms. The molecule has 1 aromatic carbocycles. The molecule has 2 aromatic rings. The number of benzene rings is 1. The molecule has 1 heterocycles. The Balaban J connectivity index is 0.000000774. The Bertz CT molecular complexity index is 661. The lowest BCUT2D eigenvalue weighted by Gasteiger charge is -2.15. The number of fused-ring (bicyclic) bond motifs is 2. The van der Waals surface area contributed by atoms with Crippen molar-refractivity contribution in [2.45, 2.75) is 32.8 Å². The van der Waals surface area contributed by atoms with E-state index < -0.39 is 6.10 Å². The van der Waals surface area contributed by atoms with Crippen molar-refractivity contribution < 1.29 is 5.11 Å². The molecule has 0 amide bonds. The van der Waals surface area contributed by atoms with E-state index in [1.807, 2.05) is 32.0 Å². The second-order valence-electron chi connectivity index (χ2n) is 4.56. The van der Waals surface area contributed by atoms with Crippen LogP contribution in [0.5, 0.6) is 0 Å². The van der Waals surface area contributed by atoms with Gasteiger partial charge in [-0.2, -0.15) is 0 Å². The van der Waals surface area contributed by atoms with Gasteiger partial charge in [-0.25, -0.2) is 0 Å². The standard InChI is InChI=1S/C14H10Br2ClNO.C2H6/c15-9-3-8-2-1-7-4-10(17)5-11(16)12(7)14(19)13(8)18-6-9;1-2/h3-6,14,19H,1-2H2;1-2H3. The van der Waals surface area contributed by atoms with E-state index in [1.54, 1.807) is 6.20 Å². The van der Waals surface area contributed by atoms with E-state index in [1.165, 1.54) is 0 Å². The molecule has 1 aliphatic rings. The minimum absolute atomic E-state index is 0.679. The van der Waals surface area contributed by atoms with Gasteiger partial charge in [-0.05, 0) is 58.1 Å². The first-order valence-electron chi connectivity index (χ1n) is 6.86. The molecule has 1 aromatic heterocycles. The highest BCUT2D eigenvalue weighted by Crippen LogP contribution is 2.38. The van der Waals surface area contributed by atoms with Crippen LogP contribution in [0.3, 0.4) is 0 Å². The van der Waals surface area contributed by atoms with Gasteiger partial charge in [-0.15, -0.1) is 0 Å². The van der Waals surface area contributed by atoms with E-state index in [2.05, 4.69) is 36.8 Å². The van der Waals surface area contributed by atoms with Crippen LogP contribution in [0.4, 0.5) is 0 Å². The van der Waals surface area contributed by atoms with Crippen molar-refractivity contribution in [3.8, 4) is 0 Å². The number of nitrogens with zero attached hydrogens (tertiary/aromatic N) is 1. The summed E-state index contributed by atoms with van der Waals surface area (Å²) >= 11 is 13.0. The molecule has 112 valence electrons.